The number of amides is 1. The monoisotopic (exact) mass is 261 g/mol. The molecule has 0 radical (unpaired) electrons. The first-order valence-corrected chi connectivity index (χ1v) is 5.85. The molecule has 3 N–H and O–H groups in total. The maximum atomic E-state index is 12.1. The highest BCUT2D eigenvalue weighted by Crippen LogP contribution is 2.13. The van der Waals surface area contributed by atoms with E-state index in [1.807, 2.05) is 0 Å². The fraction of sp³-hybridized carbons (Fsp3) is 0.308. The second-order valence-electron chi connectivity index (χ2n) is 4.94. The van der Waals surface area contributed by atoms with Crippen molar-refractivity contribution in [3.8, 4) is 0 Å². The van der Waals surface area contributed by atoms with Gasteiger partial charge in [-0.25, -0.2) is 5.10 Å². The molecule has 0 fully saturated rings. The first-order chi connectivity index (χ1) is 8.94. The van der Waals surface area contributed by atoms with E-state index < -0.39 is 11.4 Å². The van der Waals surface area contributed by atoms with Crippen LogP contribution < -0.4 is 10.9 Å². The number of hydrogen-bond donors (Lipinski definition) is 3. The number of aliphatic hydroxyl groups excluding tert-OH is 1. The van der Waals surface area contributed by atoms with Gasteiger partial charge >= 0.3 is 0 Å². The van der Waals surface area contributed by atoms with Crippen molar-refractivity contribution in [1.82, 2.24) is 15.5 Å². The van der Waals surface area contributed by atoms with Crippen molar-refractivity contribution >= 4 is 16.7 Å². The average Bonchev–Trinajstić information content (AvgIpc) is 2.39. The number of carbonyl (C=O) groups is 1. The van der Waals surface area contributed by atoms with Gasteiger partial charge in [0.2, 0.25) is 0 Å². The minimum atomic E-state index is -0.754. The number of hydrogen-bond acceptors (Lipinski definition) is 4. The van der Waals surface area contributed by atoms with Gasteiger partial charge in [-0.05, 0) is 19.9 Å². The molecule has 0 unspecified atom stereocenters. The van der Waals surface area contributed by atoms with E-state index in [1.165, 1.54) is 0 Å². The summed E-state index contributed by atoms with van der Waals surface area (Å²) in [4.78, 5) is 23.7. The number of H-pyrrole nitrogens is 1. The lowest BCUT2D eigenvalue weighted by Crippen LogP contribution is -2.46. The van der Waals surface area contributed by atoms with Crippen molar-refractivity contribution in [3.63, 3.8) is 0 Å². The standard InChI is InChI=1S/C13H15N3O3/c1-13(2,7-17)14-12(19)10-8-5-3-4-6-9(8)11(18)16-15-10/h3-6,17H,7H2,1-2H3,(H,14,19)(H,16,18). The van der Waals surface area contributed by atoms with Crippen molar-refractivity contribution in [2.45, 2.75) is 19.4 Å². The van der Waals surface area contributed by atoms with Crippen LogP contribution in [0, 0.1) is 0 Å². The lowest BCUT2D eigenvalue weighted by molar-refractivity contribution is 0.0865. The SMILES string of the molecule is CC(C)(CO)NC(=O)c1n[nH]c(=O)c2ccccc12. The normalized spacial score (nSPS) is 11.5. The number of benzene rings is 1. The van der Waals surface area contributed by atoms with Gasteiger partial charge in [0.1, 0.15) is 0 Å². The number of rotatable bonds is 3. The van der Waals surface area contributed by atoms with Crippen LogP contribution in [0.2, 0.25) is 0 Å². The molecule has 100 valence electrons. The van der Waals surface area contributed by atoms with E-state index in [0.717, 1.165) is 0 Å². The molecule has 0 aliphatic heterocycles. The Bertz CT molecular complexity index is 676. The van der Waals surface area contributed by atoms with Crippen LogP contribution in [0.5, 0.6) is 0 Å². The minimum Gasteiger partial charge on any atom is -0.394 e. The summed E-state index contributed by atoms with van der Waals surface area (Å²) in [5.41, 5.74) is -0.957. The summed E-state index contributed by atoms with van der Waals surface area (Å²) >= 11 is 0. The van der Waals surface area contributed by atoms with E-state index >= 15 is 0 Å². The molecule has 1 amide bonds. The fourth-order valence-corrected chi connectivity index (χ4v) is 1.69. The van der Waals surface area contributed by atoms with Gasteiger partial charge in [-0.2, -0.15) is 5.10 Å². The smallest absolute Gasteiger partial charge is 0.272 e. The highest BCUT2D eigenvalue weighted by atomic mass is 16.3. The first kappa shape index (κ1) is 13.2. The molecule has 2 aromatic rings. The molecule has 2 rings (SSSR count). The molecule has 0 aliphatic carbocycles. The lowest BCUT2D eigenvalue weighted by Gasteiger charge is -2.23. The van der Waals surface area contributed by atoms with Crippen LogP contribution in [0.25, 0.3) is 10.8 Å². The minimum absolute atomic E-state index is 0.136. The Morgan fingerprint density at radius 3 is 2.63 bits per heavy atom. The van der Waals surface area contributed by atoms with Gasteiger partial charge in [0, 0.05) is 5.39 Å². The van der Waals surface area contributed by atoms with Crippen LogP contribution in [0.4, 0.5) is 0 Å². The molecule has 6 nitrogen and oxygen atoms in total. The van der Waals surface area contributed by atoms with Gasteiger partial charge in [-0.1, -0.05) is 18.2 Å². The molecule has 6 heteroatoms. The van der Waals surface area contributed by atoms with Crippen LogP contribution in [0.15, 0.2) is 29.1 Å². The number of nitrogens with one attached hydrogen (secondary N) is 2. The van der Waals surface area contributed by atoms with E-state index in [4.69, 9.17) is 5.11 Å². The highest BCUT2D eigenvalue weighted by Gasteiger charge is 2.22. The Hall–Kier alpha value is -2.21. The van der Waals surface area contributed by atoms with Crippen molar-refractivity contribution < 1.29 is 9.90 Å². The van der Waals surface area contributed by atoms with Gasteiger partial charge in [-0.3, -0.25) is 9.59 Å². The third kappa shape index (κ3) is 2.63. The van der Waals surface area contributed by atoms with E-state index in [0.29, 0.717) is 10.8 Å². The molecule has 1 aromatic heterocycles. The number of aromatic amines is 1. The average molecular weight is 261 g/mol. The Labute approximate surface area is 109 Å². The zero-order valence-electron chi connectivity index (χ0n) is 10.7. The molecule has 0 atom stereocenters. The molecule has 0 aliphatic rings. The van der Waals surface area contributed by atoms with Gasteiger partial charge in [0.25, 0.3) is 11.5 Å². The summed E-state index contributed by atoms with van der Waals surface area (Å²) in [6.07, 6.45) is 0. The maximum absolute atomic E-state index is 12.1. The molecule has 0 spiro atoms. The van der Waals surface area contributed by atoms with Gasteiger partial charge in [0.05, 0.1) is 17.5 Å². The van der Waals surface area contributed by atoms with Crippen molar-refractivity contribution in [3.05, 3.63) is 40.3 Å². The molecule has 0 saturated heterocycles. The Kier molecular flexibility index (Phi) is 3.35. The summed E-state index contributed by atoms with van der Waals surface area (Å²) < 4.78 is 0. The van der Waals surface area contributed by atoms with Crippen LogP contribution >= 0.6 is 0 Å². The molecule has 0 saturated carbocycles. The quantitative estimate of drug-likeness (QED) is 0.746. The molecule has 1 heterocycles. The fourth-order valence-electron chi connectivity index (χ4n) is 1.69. The predicted molar refractivity (Wildman–Crippen MR) is 71.0 cm³/mol. The second kappa shape index (κ2) is 4.81. The molecule has 1 aromatic carbocycles. The van der Waals surface area contributed by atoms with Crippen molar-refractivity contribution in [2.75, 3.05) is 6.61 Å². The van der Waals surface area contributed by atoms with Crippen molar-refractivity contribution in [2.24, 2.45) is 0 Å². The largest absolute Gasteiger partial charge is 0.394 e. The van der Waals surface area contributed by atoms with Crippen LogP contribution in [-0.2, 0) is 0 Å². The number of aromatic nitrogens is 2. The Morgan fingerprint density at radius 1 is 1.37 bits per heavy atom. The molecule has 0 bridgehead atoms. The highest BCUT2D eigenvalue weighted by molar-refractivity contribution is 6.04. The number of aliphatic hydroxyl groups is 1. The predicted octanol–water partition coefficient (Wildman–Crippen LogP) is 0.424. The van der Waals surface area contributed by atoms with Crippen LogP contribution in [0.1, 0.15) is 24.3 Å². The van der Waals surface area contributed by atoms with E-state index in [1.54, 1.807) is 38.1 Å². The van der Waals surface area contributed by atoms with Crippen molar-refractivity contribution in [1.29, 1.82) is 0 Å². The zero-order valence-corrected chi connectivity index (χ0v) is 10.7. The third-order valence-corrected chi connectivity index (χ3v) is 2.76. The number of carbonyl (C=O) groups excluding carboxylic acids is 1. The Morgan fingerprint density at radius 2 is 2.00 bits per heavy atom. The lowest BCUT2D eigenvalue weighted by atomic mass is 10.1. The third-order valence-electron chi connectivity index (χ3n) is 2.76. The zero-order chi connectivity index (χ0) is 14.0. The summed E-state index contributed by atoms with van der Waals surface area (Å²) in [6, 6.07) is 6.75. The molecular weight excluding hydrogens is 246 g/mol. The summed E-state index contributed by atoms with van der Waals surface area (Å²) in [5, 5.41) is 18.8. The van der Waals surface area contributed by atoms with E-state index in [9.17, 15) is 9.59 Å². The van der Waals surface area contributed by atoms with Gasteiger partial charge < -0.3 is 10.4 Å². The maximum Gasteiger partial charge on any atom is 0.272 e. The van der Waals surface area contributed by atoms with Crippen LogP contribution in [0.3, 0.4) is 0 Å². The first-order valence-electron chi connectivity index (χ1n) is 5.85. The number of fused-ring (bicyclic) bond motifs is 1. The summed E-state index contributed by atoms with van der Waals surface area (Å²) in [7, 11) is 0. The van der Waals surface area contributed by atoms with Crippen LogP contribution in [-0.4, -0.2) is 33.4 Å². The van der Waals surface area contributed by atoms with Gasteiger partial charge in [-0.15, -0.1) is 0 Å². The molecule has 19 heavy (non-hydrogen) atoms. The topological polar surface area (TPSA) is 95.1 Å². The number of nitrogens with zero attached hydrogens (tertiary/aromatic N) is 1. The van der Waals surface area contributed by atoms with E-state index in [2.05, 4.69) is 15.5 Å². The summed E-state index contributed by atoms with van der Waals surface area (Å²) in [6.45, 7) is 3.19. The second-order valence-corrected chi connectivity index (χ2v) is 4.94. The van der Waals surface area contributed by atoms with Gasteiger partial charge in [0.15, 0.2) is 5.69 Å². The Balaban J connectivity index is 2.49. The van der Waals surface area contributed by atoms with E-state index in [-0.39, 0.29) is 17.9 Å². The molecular formula is C13H15N3O3. The summed E-state index contributed by atoms with van der Waals surface area (Å²) in [5.74, 6) is -0.438.